The van der Waals surface area contributed by atoms with E-state index in [4.69, 9.17) is 0 Å². The lowest BCUT2D eigenvalue weighted by Crippen LogP contribution is -2.14. The molecule has 1 heterocycles. The zero-order chi connectivity index (χ0) is 21.0. The van der Waals surface area contributed by atoms with Crippen LogP contribution >= 0.6 is 11.3 Å². The van der Waals surface area contributed by atoms with Crippen molar-refractivity contribution in [2.24, 2.45) is 5.92 Å². The van der Waals surface area contributed by atoms with E-state index < -0.39 is 21.7 Å². The Morgan fingerprint density at radius 1 is 1.07 bits per heavy atom. The second-order valence-corrected chi connectivity index (χ2v) is 9.43. The fourth-order valence-electron chi connectivity index (χ4n) is 2.42. The van der Waals surface area contributed by atoms with Crippen LogP contribution in [0.3, 0.4) is 0 Å². The second-order valence-electron chi connectivity index (χ2n) is 6.69. The Morgan fingerprint density at radius 2 is 1.72 bits per heavy atom. The number of carbonyl (C=O) groups is 1. The number of aromatic nitrogens is 2. The molecule has 0 saturated carbocycles. The molecule has 0 saturated heterocycles. The van der Waals surface area contributed by atoms with Gasteiger partial charge in [-0.3, -0.25) is 14.8 Å². The Kier molecular flexibility index (Phi) is 6.23. The third-order valence-corrected chi connectivity index (χ3v) is 6.05. The van der Waals surface area contributed by atoms with E-state index in [2.05, 4.69) is 34.1 Å². The highest BCUT2D eigenvalue weighted by atomic mass is 32.2. The molecule has 10 heteroatoms. The summed E-state index contributed by atoms with van der Waals surface area (Å²) in [6.07, 6.45) is 0.779. The first-order valence-corrected chi connectivity index (χ1v) is 11.0. The molecule has 0 radical (unpaired) electrons. The summed E-state index contributed by atoms with van der Waals surface area (Å²) >= 11 is 1.31. The van der Waals surface area contributed by atoms with Crippen molar-refractivity contribution in [2.75, 3.05) is 10.0 Å². The maximum Gasteiger partial charge on any atom is 0.261 e. The standard InChI is InChI=1S/C19H19FN4O3S2/c1-12(2)11-17-22-23-19(28-17)21-18(25)13-3-9-16(10-4-13)29(26,27)24-15-7-5-14(20)6-8-15/h3-10,12,24H,11H2,1-2H3,(H,21,23,25). The Morgan fingerprint density at radius 3 is 2.34 bits per heavy atom. The summed E-state index contributed by atoms with van der Waals surface area (Å²) in [5.41, 5.74) is 0.521. The molecule has 0 atom stereocenters. The summed E-state index contributed by atoms with van der Waals surface area (Å²) in [6.45, 7) is 4.14. The summed E-state index contributed by atoms with van der Waals surface area (Å²) in [7, 11) is -3.86. The van der Waals surface area contributed by atoms with Gasteiger partial charge >= 0.3 is 0 Å². The van der Waals surface area contributed by atoms with Crippen LogP contribution in [0.15, 0.2) is 53.4 Å². The SMILES string of the molecule is CC(C)Cc1nnc(NC(=O)c2ccc(S(=O)(=O)Nc3ccc(F)cc3)cc2)s1. The van der Waals surface area contributed by atoms with E-state index in [-0.39, 0.29) is 16.1 Å². The number of sulfonamides is 1. The summed E-state index contributed by atoms with van der Waals surface area (Å²) in [5, 5.41) is 11.9. The van der Waals surface area contributed by atoms with Gasteiger partial charge in [-0.1, -0.05) is 25.2 Å². The fourth-order valence-corrected chi connectivity index (χ4v) is 4.43. The van der Waals surface area contributed by atoms with Gasteiger partial charge in [0.15, 0.2) is 0 Å². The van der Waals surface area contributed by atoms with Crippen molar-refractivity contribution in [3.05, 3.63) is 64.9 Å². The smallest absolute Gasteiger partial charge is 0.261 e. The quantitative estimate of drug-likeness (QED) is 0.587. The van der Waals surface area contributed by atoms with Crippen molar-refractivity contribution in [1.82, 2.24) is 10.2 Å². The number of rotatable bonds is 7. The first-order valence-electron chi connectivity index (χ1n) is 8.75. The minimum atomic E-state index is -3.86. The molecule has 29 heavy (non-hydrogen) atoms. The Labute approximate surface area is 172 Å². The van der Waals surface area contributed by atoms with Gasteiger partial charge in [0, 0.05) is 17.7 Å². The Bertz CT molecular complexity index is 1100. The second kappa shape index (κ2) is 8.66. The van der Waals surface area contributed by atoms with E-state index in [1.807, 2.05) is 0 Å². The molecule has 3 rings (SSSR count). The van der Waals surface area contributed by atoms with E-state index in [0.717, 1.165) is 23.6 Å². The molecule has 0 fully saturated rings. The number of anilines is 2. The molecular formula is C19H19FN4O3S2. The number of nitrogens with zero attached hydrogens (tertiary/aromatic N) is 2. The van der Waals surface area contributed by atoms with E-state index in [1.54, 1.807) is 0 Å². The molecule has 0 aliphatic rings. The molecule has 2 N–H and O–H groups in total. The summed E-state index contributed by atoms with van der Waals surface area (Å²) in [6, 6.07) is 10.4. The first kappa shape index (κ1) is 20.9. The van der Waals surface area contributed by atoms with Crippen LogP contribution in [-0.2, 0) is 16.4 Å². The highest BCUT2D eigenvalue weighted by Gasteiger charge is 2.16. The van der Waals surface area contributed by atoms with Gasteiger partial charge in [-0.2, -0.15) is 0 Å². The summed E-state index contributed by atoms with van der Waals surface area (Å²) in [5.74, 6) is -0.438. The number of hydrogen-bond donors (Lipinski definition) is 2. The monoisotopic (exact) mass is 434 g/mol. The van der Waals surface area contributed by atoms with Gasteiger partial charge in [-0.25, -0.2) is 12.8 Å². The lowest BCUT2D eigenvalue weighted by atomic mass is 10.1. The molecule has 0 bridgehead atoms. The average Bonchev–Trinajstić information content (AvgIpc) is 3.09. The molecule has 0 aliphatic heterocycles. The van der Waals surface area contributed by atoms with Crippen LogP contribution in [0.25, 0.3) is 0 Å². The lowest BCUT2D eigenvalue weighted by Gasteiger charge is -2.08. The Balaban J connectivity index is 1.67. The third-order valence-electron chi connectivity index (χ3n) is 3.79. The van der Waals surface area contributed by atoms with Gasteiger partial charge in [-0.05, 0) is 54.4 Å². The predicted molar refractivity (Wildman–Crippen MR) is 110 cm³/mol. The van der Waals surface area contributed by atoms with Crippen LogP contribution in [0, 0.1) is 11.7 Å². The normalized spacial score (nSPS) is 11.4. The van der Waals surface area contributed by atoms with Crippen LogP contribution in [-0.4, -0.2) is 24.5 Å². The van der Waals surface area contributed by atoms with E-state index in [1.165, 1.54) is 47.7 Å². The van der Waals surface area contributed by atoms with Crippen LogP contribution in [0.1, 0.15) is 29.2 Å². The summed E-state index contributed by atoms with van der Waals surface area (Å²) in [4.78, 5) is 12.3. The number of nitrogens with one attached hydrogen (secondary N) is 2. The van der Waals surface area contributed by atoms with E-state index in [9.17, 15) is 17.6 Å². The number of benzene rings is 2. The van der Waals surface area contributed by atoms with Gasteiger partial charge in [0.2, 0.25) is 5.13 Å². The van der Waals surface area contributed by atoms with Crippen molar-refractivity contribution in [3.8, 4) is 0 Å². The lowest BCUT2D eigenvalue weighted by molar-refractivity contribution is 0.102. The van der Waals surface area contributed by atoms with Crippen molar-refractivity contribution in [2.45, 2.75) is 25.2 Å². The van der Waals surface area contributed by atoms with Gasteiger partial charge < -0.3 is 0 Å². The first-order chi connectivity index (χ1) is 13.7. The predicted octanol–water partition coefficient (Wildman–Crippen LogP) is 3.93. The van der Waals surface area contributed by atoms with Gasteiger partial charge in [0.1, 0.15) is 10.8 Å². The summed E-state index contributed by atoms with van der Waals surface area (Å²) < 4.78 is 40.2. The highest BCUT2D eigenvalue weighted by molar-refractivity contribution is 7.92. The van der Waals surface area contributed by atoms with Crippen LogP contribution in [0.2, 0.25) is 0 Å². The number of hydrogen-bond acceptors (Lipinski definition) is 6. The molecule has 7 nitrogen and oxygen atoms in total. The van der Waals surface area contributed by atoms with Crippen LogP contribution in [0.4, 0.5) is 15.2 Å². The van der Waals surface area contributed by atoms with E-state index in [0.29, 0.717) is 11.0 Å². The number of carbonyl (C=O) groups excluding carboxylic acids is 1. The molecule has 0 unspecified atom stereocenters. The van der Waals surface area contributed by atoms with Crippen molar-refractivity contribution >= 4 is 38.1 Å². The molecule has 1 aromatic heterocycles. The maximum atomic E-state index is 13.0. The largest absolute Gasteiger partial charge is 0.296 e. The number of halogens is 1. The Hall–Kier alpha value is -2.85. The molecule has 0 aliphatic carbocycles. The van der Waals surface area contributed by atoms with Crippen LogP contribution < -0.4 is 10.0 Å². The minimum Gasteiger partial charge on any atom is -0.296 e. The van der Waals surface area contributed by atoms with Gasteiger partial charge in [0.05, 0.1) is 4.90 Å². The van der Waals surface area contributed by atoms with Crippen molar-refractivity contribution in [3.63, 3.8) is 0 Å². The molecule has 3 aromatic rings. The van der Waals surface area contributed by atoms with Crippen molar-refractivity contribution in [1.29, 1.82) is 0 Å². The molecular weight excluding hydrogens is 415 g/mol. The average molecular weight is 435 g/mol. The molecule has 1 amide bonds. The molecule has 0 spiro atoms. The van der Waals surface area contributed by atoms with Crippen molar-refractivity contribution < 1.29 is 17.6 Å². The van der Waals surface area contributed by atoms with Crippen LogP contribution in [0.5, 0.6) is 0 Å². The zero-order valence-corrected chi connectivity index (χ0v) is 17.3. The topological polar surface area (TPSA) is 101 Å². The fraction of sp³-hybridized carbons (Fsp3) is 0.211. The molecule has 2 aromatic carbocycles. The van der Waals surface area contributed by atoms with Gasteiger partial charge in [-0.15, -0.1) is 10.2 Å². The zero-order valence-electron chi connectivity index (χ0n) is 15.7. The minimum absolute atomic E-state index is 0.0199. The van der Waals surface area contributed by atoms with Gasteiger partial charge in [0.25, 0.3) is 15.9 Å². The van der Waals surface area contributed by atoms with E-state index >= 15 is 0 Å². The third kappa shape index (κ3) is 5.58. The number of amides is 1. The highest BCUT2D eigenvalue weighted by Crippen LogP contribution is 2.20. The molecule has 152 valence electrons. The maximum absolute atomic E-state index is 13.0.